The van der Waals surface area contributed by atoms with Gasteiger partial charge in [0.05, 0.1) is 11.2 Å². The normalized spacial score (nSPS) is 29.7. The lowest BCUT2D eigenvalue weighted by atomic mass is 9.80. The third kappa shape index (κ3) is 2.17. The number of hydrogen-bond acceptors (Lipinski definition) is 4. The molecule has 1 aromatic rings. The van der Waals surface area contributed by atoms with Crippen molar-refractivity contribution in [1.29, 1.82) is 0 Å². The summed E-state index contributed by atoms with van der Waals surface area (Å²) in [6, 6.07) is 0. The minimum Gasteiger partial charge on any atom is -0.386 e. The van der Waals surface area contributed by atoms with Gasteiger partial charge < -0.3 is 9.84 Å². The number of nitrogens with zero attached hydrogens (tertiary/aromatic N) is 3. The Hall–Kier alpha value is -0.940. The van der Waals surface area contributed by atoms with E-state index in [4.69, 9.17) is 4.74 Å². The van der Waals surface area contributed by atoms with Gasteiger partial charge in [0, 0.05) is 19.4 Å². The van der Waals surface area contributed by atoms with Crippen molar-refractivity contribution in [2.75, 3.05) is 0 Å². The van der Waals surface area contributed by atoms with Crippen molar-refractivity contribution in [2.45, 2.75) is 70.8 Å². The Morgan fingerprint density at radius 2 is 2.06 bits per heavy atom. The number of aryl methyl sites for hydroxylation is 1. The van der Waals surface area contributed by atoms with Gasteiger partial charge in [-0.15, -0.1) is 0 Å². The Labute approximate surface area is 108 Å². The van der Waals surface area contributed by atoms with Crippen molar-refractivity contribution < 1.29 is 9.84 Å². The molecule has 0 saturated carbocycles. The molecule has 0 aliphatic carbocycles. The Balaban J connectivity index is 2.27. The zero-order chi connectivity index (χ0) is 13.6. The summed E-state index contributed by atoms with van der Waals surface area (Å²) in [7, 11) is 0. The highest BCUT2D eigenvalue weighted by molar-refractivity contribution is 5.10. The first-order valence-corrected chi connectivity index (χ1v) is 6.48. The summed E-state index contributed by atoms with van der Waals surface area (Å²) < 4.78 is 7.79. The average molecular weight is 253 g/mol. The van der Waals surface area contributed by atoms with Gasteiger partial charge >= 0.3 is 0 Å². The predicted molar refractivity (Wildman–Crippen MR) is 68.2 cm³/mol. The van der Waals surface area contributed by atoms with Crippen LogP contribution in [0.2, 0.25) is 0 Å². The van der Waals surface area contributed by atoms with Crippen molar-refractivity contribution in [2.24, 2.45) is 0 Å². The molecule has 0 aromatic carbocycles. The second-order valence-electron chi connectivity index (χ2n) is 6.25. The van der Waals surface area contributed by atoms with E-state index < -0.39 is 11.2 Å². The van der Waals surface area contributed by atoms with Crippen LogP contribution in [0.1, 0.15) is 46.9 Å². The molecule has 0 spiro atoms. The fourth-order valence-electron chi connectivity index (χ4n) is 2.97. The predicted octanol–water partition coefficient (Wildman–Crippen LogP) is 1.55. The summed E-state index contributed by atoms with van der Waals surface area (Å²) >= 11 is 0. The third-order valence-electron chi connectivity index (χ3n) is 3.82. The van der Waals surface area contributed by atoms with Crippen molar-refractivity contribution >= 4 is 0 Å². The van der Waals surface area contributed by atoms with E-state index in [1.54, 1.807) is 0 Å². The number of rotatable bonds is 3. The van der Waals surface area contributed by atoms with E-state index in [0.29, 0.717) is 12.8 Å². The average Bonchev–Trinajstić information content (AvgIpc) is 2.67. The highest BCUT2D eigenvalue weighted by Gasteiger charge is 2.56. The zero-order valence-electron chi connectivity index (χ0n) is 11.9. The summed E-state index contributed by atoms with van der Waals surface area (Å²) in [5.41, 5.74) is -1.80. The van der Waals surface area contributed by atoms with E-state index >= 15 is 0 Å². The van der Waals surface area contributed by atoms with Crippen molar-refractivity contribution in [3.63, 3.8) is 0 Å². The molecule has 1 fully saturated rings. The first kappa shape index (κ1) is 13.5. The lowest BCUT2D eigenvalue weighted by molar-refractivity contribution is -0.126. The molecule has 0 amide bonds. The van der Waals surface area contributed by atoms with E-state index in [1.165, 1.54) is 6.33 Å². The Morgan fingerprint density at radius 1 is 1.39 bits per heavy atom. The van der Waals surface area contributed by atoms with Gasteiger partial charge in [-0.2, -0.15) is 5.10 Å². The Bertz CT molecular complexity index is 439. The standard InChI is InChI=1S/C13H23N3O2/c1-6-16-10(14-9-15-16)7-13(17)8-11(2,3)18-12(13,4)5/h9,17H,6-8H2,1-5H3. The van der Waals surface area contributed by atoms with Gasteiger partial charge in [-0.1, -0.05) is 0 Å². The molecule has 1 unspecified atom stereocenters. The molecular weight excluding hydrogens is 230 g/mol. The molecule has 1 aliphatic heterocycles. The van der Waals surface area contributed by atoms with Gasteiger partial charge in [0.25, 0.3) is 0 Å². The lowest BCUT2D eigenvalue weighted by Gasteiger charge is -2.34. The van der Waals surface area contributed by atoms with E-state index in [0.717, 1.165) is 12.4 Å². The molecule has 0 radical (unpaired) electrons. The van der Waals surface area contributed by atoms with E-state index in [2.05, 4.69) is 10.1 Å². The summed E-state index contributed by atoms with van der Waals surface area (Å²) in [5.74, 6) is 0.814. The maximum Gasteiger partial charge on any atom is 0.138 e. The van der Waals surface area contributed by atoms with E-state index in [-0.39, 0.29) is 5.60 Å². The Morgan fingerprint density at radius 3 is 2.56 bits per heavy atom. The van der Waals surface area contributed by atoms with Crippen LogP contribution in [0.5, 0.6) is 0 Å². The fourth-order valence-corrected chi connectivity index (χ4v) is 2.97. The summed E-state index contributed by atoms with van der Waals surface area (Å²) in [4.78, 5) is 4.25. The van der Waals surface area contributed by atoms with Crippen LogP contribution in [-0.4, -0.2) is 36.7 Å². The van der Waals surface area contributed by atoms with Crippen LogP contribution >= 0.6 is 0 Å². The van der Waals surface area contributed by atoms with Crippen LogP contribution in [0.3, 0.4) is 0 Å². The SMILES string of the molecule is CCn1ncnc1CC1(O)CC(C)(C)OC1(C)C. The minimum atomic E-state index is -0.906. The van der Waals surface area contributed by atoms with Gasteiger partial charge in [0.1, 0.15) is 17.8 Å². The zero-order valence-corrected chi connectivity index (χ0v) is 11.9. The number of hydrogen-bond donors (Lipinski definition) is 1. The maximum absolute atomic E-state index is 10.9. The molecule has 1 N–H and O–H groups in total. The van der Waals surface area contributed by atoms with Crippen molar-refractivity contribution in [3.8, 4) is 0 Å². The van der Waals surface area contributed by atoms with Gasteiger partial charge in [-0.05, 0) is 34.6 Å². The smallest absolute Gasteiger partial charge is 0.138 e. The summed E-state index contributed by atoms with van der Waals surface area (Å²) in [5, 5.41) is 15.1. The third-order valence-corrected chi connectivity index (χ3v) is 3.82. The molecule has 1 atom stereocenters. The first-order chi connectivity index (χ1) is 8.19. The van der Waals surface area contributed by atoms with Crippen LogP contribution in [-0.2, 0) is 17.7 Å². The second-order valence-corrected chi connectivity index (χ2v) is 6.25. The van der Waals surface area contributed by atoms with Gasteiger partial charge in [0.2, 0.25) is 0 Å². The summed E-state index contributed by atoms with van der Waals surface area (Å²) in [6.45, 7) is 10.7. The molecule has 1 aliphatic rings. The molecule has 2 rings (SSSR count). The highest BCUT2D eigenvalue weighted by atomic mass is 16.5. The maximum atomic E-state index is 10.9. The first-order valence-electron chi connectivity index (χ1n) is 6.48. The molecule has 102 valence electrons. The lowest BCUT2D eigenvalue weighted by Crippen LogP contribution is -2.48. The molecule has 18 heavy (non-hydrogen) atoms. The molecule has 5 heteroatoms. The van der Waals surface area contributed by atoms with Crippen LogP contribution in [0.4, 0.5) is 0 Å². The topological polar surface area (TPSA) is 60.2 Å². The van der Waals surface area contributed by atoms with Gasteiger partial charge in [-0.25, -0.2) is 4.98 Å². The van der Waals surface area contributed by atoms with Crippen molar-refractivity contribution in [3.05, 3.63) is 12.2 Å². The van der Waals surface area contributed by atoms with Crippen molar-refractivity contribution in [1.82, 2.24) is 14.8 Å². The van der Waals surface area contributed by atoms with E-state index in [9.17, 15) is 5.11 Å². The molecule has 2 heterocycles. The molecule has 1 saturated heterocycles. The second kappa shape index (κ2) is 4.03. The number of ether oxygens (including phenoxy) is 1. The Kier molecular flexibility index (Phi) is 3.02. The number of aliphatic hydroxyl groups is 1. The quantitative estimate of drug-likeness (QED) is 0.888. The molecule has 1 aromatic heterocycles. The van der Waals surface area contributed by atoms with Crippen LogP contribution in [0.15, 0.2) is 6.33 Å². The minimum absolute atomic E-state index is 0.310. The molecular formula is C13H23N3O2. The largest absolute Gasteiger partial charge is 0.386 e. The van der Waals surface area contributed by atoms with Crippen LogP contribution < -0.4 is 0 Å². The molecule has 5 nitrogen and oxygen atoms in total. The summed E-state index contributed by atoms with van der Waals surface area (Å²) in [6.07, 6.45) is 2.61. The van der Waals surface area contributed by atoms with Crippen LogP contribution in [0, 0.1) is 0 Å². The van der Waals surface area contributed by atoms with Gasteiger partial charge in [0.15, 0.2) is 0 Å². The highest BCUT2D eigenvalue weighted by Crippen LogP contribution is 2.46. The van der Waals surface area contributed by atoms with E-state index in [1.807, 2.05) is 39.3 Å². The van der Waals surface area contributed by atoms with Gasteiger partial charge in [-0.3, -0.25) is 4.68 Å². The molecule has 0 bridgehead atoms. The monoisotopic (exact) mass is 253 g/mol. The fraction of sp³-hybridized carbons (Fsp3) is 0.846. The van der Waals surface area contributed by atoms with Crippen LogP contribution in [0.25, 0.3) is 0 Å². The number of aromatic nitrogens is 3.